The molecule has 0 N–H and O–H groups in total. The highest BCUT2D eigenvalue weighted by Gasteiger charge is 2.29. The summed E-state index contributed by atoms with van der Waals surface area (Å²) in [5.74, 6) is 0. The molecule has 0 amide bonds. The number of nitrogens with zero attached hydrogens (tertiary/aromatic N) is 1. The maximum absolute atomic E-state index is 13.7. The summed E-state index contributed by atoms with van der Waals surface area (Å²) >= 11 is 12.4. The van der Waals surface area contributed by atoms with Gasteiger partial charge in [-0.2, -0.15) is 4.31 Å². The zero-order valence-electron chi connectivity index (χ0n) is 16.6. The number of halogens is 2. The topological polar surface area (TPSA) is 37.4 Å². The van der Waals surface area contributed by atoms with Crippen LogP contribution >= 0.6 is 23.2 Å². The lowest BCUT2D eigenvalue weighted by molar-refractivity contribution is 0.400. The van der Waals surface area contributed by atoms with Gasteiger partial charge in [-0.25, -0.2) is 8.42 Å². The summed E-state index contributed by atoms with van der Waals surface area (Å²) in [7, 11) is -3.76. The number of sulfonamides is 1. The average Bonchev–Trinajstić information content (AvgIpc) is 2.63. The summed E-state index contributed by atoms with van der Waals surface area (Å²) in [6.45, 7) is 6.03. The van der Waals surface area contributed by atoms with Crippen molar-refractivity contribution < 1.29 is 8.42 Å². The highest BCUT2D eigenvalue weighted by molar-refractivity contribution is 7.89. The number of hydrogen-bond donors (Lipinski definition) is 0. The van der Waals surface area contributed by atoms with Gasteiger partial charge in [-0.05, 0) is 55.2 Å². The SMILES string of the molecule is Cc1cc(C)c(S(=O)(=O)N(Cc2ccccc2)Cc2ccc(Cl)cc2Cl)c(C)c1. The summed E-state index contributed by atoms with van der Waals surface area (Å²) in [5.41, 5.74) is 4.13. The Kier molecular flexibility index (Phi) is 6.69. The van der Waals surface area contributed by atoms with Gasteiger partial charge in [-0.15, -0.1) is 0 Å². The number of benzene rings is 3. The maximum atomic E-state index is 13.7. The lowest BCUT2D eigenvalue weighted by Gasteiger charge is -2.25. The van der Waals surface area contributed by atoms with Crippen molar-refractivity contribution in [3.8, 4) is 0 Å². The Morgan fingerprint density at radius 1 is 0.828 bits per heavy atom. The van der Waals surface area contributed by atoms with Crippen LogP contribution in [0.5, 0.6) is 0 Å². The fraction of sp³-hybridized carbons (Fsp3) is 0.217. The first-order valence-corrected chi connectivity index (χ1v) is 11.4. The van der Waals surface area contributed by atoms with E-state index in [1.165, 1.54) is 4.31 Å². The van der Waals surface area contributed by atoms with Gasteiger partial charge in [-0.1, -0.05) is 77.3 Å². The molecule has 0 fully saturated rings. The predicted octanol–water partition coefficient (Wildman–Crippen LogP) is 6.31. The molecule has 0 bridgehead atoms. The number of hydrogen-bond acceptors (Lipinski definition) is 2. The minimum Gasteiger partial charge on any atom is -0.207 e. The summed E-state index contributed by atoms with van der Waals surface area (Å²) in [6.07, 6.45) is 0. The summed E-state index contributed by atoms with van der Waals surface area (Å²) in [4.78, 5) is 0.351. The third-order valence-electron chi connectivity index (χ3n) is 4.77. The minimum absolute atomic E-state index is 0.153. The van der Waals surface area contributed by atoms with Crippen LogP contribution in [-0.4, -0.2) is 12.7 Å². The van der Waals surface area contributed by atoms with E-state index in [0.717, 1.165) is 22.3 Å². The van der Waals surface area contributed by atoms with Gasteiger partial charge in [-0.3, -0.25) is 0 Å². The Morgan fingerprint density at radius 3 is 2.03 bits per heavy atom. The smallest absolute Gasteiger partial charge is 0.207 e. The maximum Gasteiger partial charge on any atom is 0.244 e. The summed E-state index contributed by atoms with van der Waals surface area (Å²) < 4.78 is 28.9. The second-order valence-corrected chi connectivity index (χ2v) is 9.94. The molecule has 0 heterocycles. The molecule has 0 saturated heterocycles. The molecule has 0 saturated carbocycles. The third-order valence-corrected chi connectivity index (χ3v) is 7.45. The highest BCUT2D eigenvalue weighted by Crippen LogP contribution is 2.30. The molecule has 152 valence electrons. The predicted molar refractivity (Wildman–Crippen MR) is 120 cm³/mol. The van der Waals surface area contributed by atoms with Crippen LogP contribution in [0.15, 0.2) is 65.6 Å². The molecule has 0 aliphatic rings. The normalized spacial score (nSPS) is 11.8. The zero-order valence-corrected chi connectivity index (χ0v) is 18.9. The van der Waals surface area contributed by atoms with Gasteiger partial charge < -0.3 is 0 Å². The lowest BCUT2D eigenvalue weighted by Crippen LogP contribution is -2.31. The van der Waals surface area contributed by atoms with Gasteiger partial charge in [0.25, 0.3) is 0 Å². The Balaban J connectivity index is 2.09. The van der Waals surface area contributed by atoms with Crippen molar-refractivity contribution in [2.75, 3.05) is 0 Å². The Hall–Kier alpha value is -1.85. The van der Waals surface area contributed by atoms with Crippen LogP contribution in [0.2, 0.25) is 10.0 Å². The van der Waals surface area contributed by atoms with Crippen molar-refractivity contribution in [3.63, 3.8) is 0 Å². The van der Waals surface area contributed by atoms with E-state index in [0.29, 0.717) is 20.5 Å². The third kappa shape index (κ3) is 5.01. The largest absolute Gasteiger partial charge is 0.244 e. The van der Waals surface area contributed by atoms with Gasteiger partial charge in [0, 0.05) is 23.1 Å². The molecule has 6 heteroatoms. The summed E-state index contributed by atoms with van der Waals surface area (Å²) in [6, 6.07) is 18.5. The van der Waals surface area contributed by atoms with Crippen LogP contribution in [-0.2, 0) is 23.1 Å². The first kappa shape index (κ1) is 21.8. The molecule has 0 atom stereocenters. The van der Waals surface area contributed by atoms with Gasteiger partial charge in [0.05, 0.1) is 4.90 Å². The fourth-order valence-corrected chi connectivity index (χ4v) is 5.84. The molecular weight excluding hydrogens is 425 g/mol. The van der Waals surface area contributed by atoms with Gasteiger partial charge >= 0.3 is 0 Å². The van der Waals surface area contributed by atoms with E-state index in [9.17, 15) is 8.42 Å². The van der Waals surface area contributed by atoms with Crippen molar-refractivity contribution in [2.45, 2.75) is 38.8 Å². The second kappa shape index (κ2) is 8.88. The molecule has 0 unspecified atom stereocenters. The van der Waals surface area contributed by atoms with Gasteiger partial charge in [0.15, 0.2) is 0 Å². The van der Waals surface area contributed by atoms with Gasteiger partial charge in [0.1, 0.15) is 0 Å². The monoisotopic (exact) mass is 447 g/mol. The van der Waals surface area contributed by atoms with Crippen molar-refractivity contribution >= 4 is 33.2 Å². The molecule has 0 aliphatic carbocycles. The first-order chi connectivity index (χ1) is 13.7. The van der Waals surface area contributed by atoms with Crippen molar-refractivity contribution in [1.82, 2.24) is 4.31 Å². The molecule has 0 spiro atoms. The van der Waals surface area contributed by atoms with Crippen LogP contribution in [0.25, 0.3) is 0 Å². The van der Waals surface area contributed by atoms with Crippen LogP contribution in [0.1, 0.15) is 27.8 Å². The van der Waals surface area contributed by atoms with E-state index in [-0.39, 0.29) is 13.1 Å². The minimum atomic E-state index is -3.76. The molecule has 0 aliphatic heterocycles. The first-order valence-electron chi connectivity index (χ1n) is 9.24. The quantitative estimate of drug-likeness (QED) is 0.443. The van der Waals surface area contributed by atoms with Crippen LogP contribution in [0, 0.1) is 20.8 Å². The van der Waals surface area contributed by atoms with Crippen LogP contribution in [0.3, 0.4) is 0 Å². The van der Waals surface area contributed by atoms with Crippen molar-refractivity contribution in [3.05, 3.63) is 98.5 Å². The Bertz CT molecular complexity index is 1110. The lowest BCUT2D eigenvalue weighted by atomic mass is 10.1. The second-order valence-electron chi connectivity index (χ2n) is 7.22. The Labute approximate surface area is 182 Å². The Morgan fingerprint density at radius 2 is 1.45 bits per heavy atom. The molecule has 29 heavy (non-hydrogen) atoms. The van der Waals surface area contributed by atoms with E-state index in [2.05, 4.69) is 0 Å². The van der Waals surface area contributed by atoms with Crippen molar-refractivity contribution in [1.29, 1.82) is 0 Å². The van der Waals surface area contributed by atoms with Crippen LogP contribution in [0.4, 0.5) is 0 Å². The highest BCUT2D eigenvalue weighted by atomic mass is 35.5. The van der Waals surface area contributed by atoms with E-state index in [1.807, 2.05) is 63.2 Å². The summed E-state index contributed by atoms with van der Waals surface area (Å²) in [5, 5.41) is 0.963. The standard InChI is InChI=1S/C23H23Cl2NO2S/c1-16-11-17(2)23(18(3)12-16)29(27,28)26(14-19-7-5-4-6-8-19)15-20-9-10-21(24)13-22(20)25/h4-13H,14-15H2,1-3H3. The van der Waals surface area contributed by atoms with E-state index in [4.69, 9.17) is 23.2 Å². The number of rotatable bonds is 6. The molecule has 3 rings (SSSR count). The molecule has 3 nitrogen and oxygen atoms in total. The van der Waals surface area contributed by atoms with E-state index in [1.54, 1.807) is 18.2 Å². The van der Waals surface area contributed by atoms with Crippen molar-refractivity contribution in [2.24, 2.45) is 0 Å². The van der Waals surface area contributed by atoms with E-state index >= 15 is 0 Å². The van der Waals surface area contributed by atoms with E-state index < -0.39 is 10.0 Å². The molecule has 3 aromatic rings. The average molecular weight is 448 g/mol. The molecule has 0 aromatic heterocycles. The fourth-order valence-electron chi connectivity index (χ4n) is 3.56. The molecule has 3 aromatic carbocycles. The van der Waals surface area contributed by atoms with Crippen LogP contribution < -0.4 is 0 Å². The zero-order chi connectivity index (χ0) is 21.2. The molecule has 0 radical (unpaired) electrons. The number of aryl methyl sites for hydroxylation is 3. The molecular formula is C23H23Cl2NO2S. The van der Waals surface area contributed by atoms with Gasteiger partial charge in [0.2, 0.25) is 10.0 Å².